The number of hydrogen-bond donors (Lipinski definition) is 1. The molecule has 0 aliphatic rings. The van der Waals surface area contributed by atoms with E-state index < -0.39 is 0 Å². The summed E-state index contributed by atoms with van der Waals surface area (Å²) in [4.78, 5) is 14.7. The zero-order valence-electron chi connectivity index (χ0n) is 18.6. The maximum absolute atomic E-state index is 12.7. The molecule has 0 unspecified atom stereocenters. The summed E-state index contributed by atoms with van der Waals surface area (Å²) in [5, 5.41) is 7.66. The van der Waals surface area contributed by atoms with E-state index in [1.165, 1.54) is 11.1 Å². The molecule has 3 aromatic rings. The number of nitrogens with zero attached hydrogens (tertiary/aromatic N) is 3. The Hall–Kier alpha value is -3.12. The molecule has 2 aromatic carbocycles. The van der Waals surface area contributed by atoms with Crippen molar-refractivity contribution in [3.05, 3.63) is 70.5 Å². The number of aryl methyl sites for hydroxylation is 3. The molecule has 0 fully saturated rings. The zero-order valence-corrected chi connectivity index (χ0v) is 18.6. The van der Waals surface area contributed by atoms with Crippen molar-refractivity contribution in [3.8, 4) is 11.4 Å². The van der Waals surface area contributed by atoms with Gasteiger partial charge in [0.1, 0.15) is 5.75 Å². The Balaban J connectivity index is 1.69. The highest BCUT2D eigenvalue weighted by Crippen LogP contribution is 2.24. The second-order valence-corrected chi connectivity index (χ2v) is 7.83. The molecule has 0 saturated heterocycles. The van der Waals surface area contributed by atoms with Crippen LogP contribution >= 0.6 is 0 Å². The summed E-state index contributed by atoms with van der Waals surface area (Å²) in [7, 11) is 3.59. The van der Waals surface area contributed by atoms with Crippen LogP contribution in [0.25, 0.3) is 5.69 Å². The molecule has 0 saturated carbocycles. The molecule has 1 aromatic heterocycles. The largest absolute Gasteiger partial charge is 0.496 e. The number of hydrogen-bond acceptors (Lipinski definition) is 4. The van der Waals surface area contributed by atoms with Crippen LogP contribution in [0.5, 0.6) is 5.75 Å². The fourth-order valence-corrected chi connectivity index (χ4v) is 3.56. The van der Waals surface area contributed by atoms with Crippen molar-refractivity contribution in [2.45, 2.75) is 34.2 Å². The highest BCUT2D eigenvalue weighted by molar-refractivity contribution is 5.93. The monoisotopic (exact) mass is 406 g/mol. The fraction of sp³-hybridized carbons (Fsp3) is 0.333. The van der Waals surface area contributed by atoms with Gasteiger partial charge in [-0.1, -0.05) is 35.4 Å². The van der Waals surface area contributed by atoms with E-state index >= 15 is 0 Å². The quantitative estimate of drug-likeness (QED) is 0.639. The highest BCUT2D eigenvalue weighted by atomic mass is 16.5. The van der Waals surface area contributed by atoms with Gasteiger partial charge in [0, 0.05) is 12.1 Å². The Kier molecular flexibility index (Phi) is 6.57. The Labute approximate surface area is 178 Å². The molecular formula is C24H30N4O2. The number of carbonyl (C=O) groups is 1. The summed E-state index contributed by atoms with van der Waals surface area (Å²) >= 11 is 0. The topological polar surface area (TPSA) is 59.4 Å². The first-order valence-corrected chi connectivity index (χ1v) is 10.0. The Bertz CT molecular complexity index is 1040. The molecule has 0 aliphatic carbocycles. The Morgan fingerprint density at radius 2 is 1.73 bits per heavy atom. The summed E-state index contributed by atoms with van der Waals surface area (Å²) in [6.45, 7) is 8.88. The predicted molar refractivity (Wildman–Crippen MR) is 120 cm³/mol. The van der Waals surface area contributed by atoms with E-state index in [0.717, 1.165) is 34.1 Å². The van der Waals surface area contributed by atoms with Gasteiger partial charge in [0.15, 0.2) is 0 Å². The molecule has 1 amide bonds. The van der Waals surface area contributed by atoms with Crippen molar-refractivity contribution < 1.29 is 9.53 Å². The number of methoxy groups -OCH3 is 1. The molecule has 0 spiro atoms. The molecule has 0 atom stereocenters. The van der Waals surface area contributed by atoms with E-state index in [1.807, 2.05) is 61.7 Å². The minimum atomic E-state index is -0.0706. The molecule has 30 heavy (non-hydrogen) atoms. The molecule has 0 bridgehead atoms. The molecule has 0 radical (unpaired) electrons. The van der Waals surface area contributed by atoms with Crippen LogP contribution < -0.4 is 10.1 Å². The molecule has 3 rings (SSSR count). The maximum atomic E-state index is 12.7. The van der Waals surface area contributed by atoms with E-state index in [0.29, 0.717) is 6.54 Å². The van der Waals surface area contributed by atoms with Crippen LogP contribution in [0.4, 0.5) is 5.69 Å². The van der Waals surface area contributed by atoms with Gasteiger partial charge >= 0.3 is 0 Å². The van der Waals surface area contributed by atoms with Gasteiger partial charge in [-0.15, -0.1) is 0 Å². The fourth-order valence-electron chi connectivity index (χ4n) is 3.56. The molecule has 158 valence electrons. The first-order valence-electron chi connectivity index (χ1n) is 10.0. The number of ether oxygens (including phenoxy) is 1. The lowest BCUT2D eigenvalue weighted by Crippen LogP contribution is -2.30. The number of aromatic nitrogens is 2. The second-order valence-electron chi connectivity index (χ2n) is 7.83. The summed E-state index contributed by atoms with van der Waals surface area (Å²) < 4.78 is 7.31. The summed E-state index contributed by atoms with van der Waals surface area (Å²) in [5.41, 5.74) is 6.87. The van der Waals surface area contributed by atoms with Crippen molar-refractivity contribution in [3.63, 3.8) is 0 Å². The smallest absolute Gasteiger partial charge is 0.238 e. The van der Waals surface area contributed by atoms with Gasteiger partial charge in [-0.05, 0) is 52.9 Å². The standard InChI is InChI=1S/C24H30N4O2/c1-16-7-10-21(11-8-16)28-19(4)24(18(3)26-28)25-23(29)15-27(5)14-20-13-17(2)9-12-22(20)30-6/h7-13H,14-15H2,1-6H3,(H,25,29). The Morgan fingerprint density at radius 1 is 1.07 bits per heavy atom. The van der Waals surface area contributed by atoms with Gasteiger partial charge in [-0.2, -0.15) is 5.10 Å². The van der Waals surface area contributed by atoms with Crippen LogP contribution in [0.2, 0.25) is 0 Å². The van der Waals surface area contributed by atoms with E-state index in [1.54, 1.807) is 7.11 Å². The van der Waals surface area contributed by atoms with E-state index in [2.05, 4.69) is 35.5 Å². The van der Waals surface area contributed by atoms with Crippen molar-refractivity contribution in [1.29, 1.82) is 0 Å². The number of benzene rings is 2. The third-order valence-electron chi connectivity index (χ3n) is 5.12. The van der Waals surface area contributed by atoms with Crippen molar-refractivity contribution in [2.75, 3.05) is 26.0 Å². The molecule has 0 aliphatic heterocycles. The summed E-state index contributed by atoms with van der Waals surface area (Å²) in [6, 6.07) is 14.2. The number of rotatable bonds is 7. The van der Waals surface area contributed by atoms with Gasteiger partial charge in [0.25, 0.3) is 0 Å². The summed E-state index contributed by atoms with van der Waals surface area (Å²) in [6.07, 6.45) is 0. The van der Waals surface area contributed by atoms with E-state index in [4.69, 9.17) is 4.74 Å². The number of carbonyl (C=O) groups excluding carboxylic acids is 1. The second kappa shape index (κ2) is 9.13. The van der Waals surface area contributed by atoms with Crippen LogP contribution in [0.3, 0.4) is 0 Å². The molecular weight excluding hydrogens is 376 g/mol. The van der Waals surface area contributed by atoms with E-state index in [-0.39, 0.29) is 12.5 Å². The summed E-state index contributed by atoms with van der Waals surface area (Å²) in [5.74, 6) is 0.762. The van der Waals surface area contributed by atoms with Gasteiger partial charge in [-0.25, -0.2) is 4.68 Å². The van der Waals surface area contributed by atoms with Gasteiger partial charge in [0.2, 0.25) is 5.91 Å². The molecule has 1 N–H and O–H groups in total. The first-order chi connectivity index (χ1) is 14.3. The normalized spacial score (nSPS) is 11.0. The average Bonchev–Trinajstić information content (AvgIpc) is 2.97. The lowest BCUT2D eigenvalue weighted by atomic mass is 10.1. The van der Waals surface area contributed by atoms with E-state index in [9.17, 15) is 4.79 Å². The zero-order chi connectivity index (χ0) is 21.8. The number of likely N-dealkylation sites (N-methyl/N-ethyl adjacent to an activating group) is 1. The third kappa shape index (κ3) is 4.89. The van der Waals surface area contributed by atoms with Crippen LogP contribution in [-0.4, -0.2) is 41.3 Å². The molecule has 6 nitrogen and oxygen atoms in total. The van der Waals surface area contributed by atoms with Crippen LogP contribution in [0.1, 0.15) is 28.1 Å². The lowest BCUT2D eigenvalue weighted by Gasteiger charge is -2.18. The average molecular weight is 407 g/mol. The number of amides is 1. The van der Waals surface area contributed by atoms with Gasteiger partial charge in [-0.3, -0.25) is 9.69 Å². The first kappa shape index (κ1) is 21.6. The van der Waals surface area contributed by atoms with Gasteiger partial charge < -0.3 is 10.1 Å². The van der Waals surface area contributed by atoms with Gasteiger partial charge in [0.05, 0.1) is 36.4 Å². The Morgan fingerprint density at radius 3 is 2.40 bits per heavy atom. The molecule has 1 heterocycles. The maximum Gasteiger partial charge on any atom is 0.238 e. The van der Waals surface area contributed by atoms with Crippen LogP contribution in [0, 0.1) is 27.7 Å². The highest BCUT2D eigenvalue weighted by Gasteiger charge is 2.17. The van der Waals surface area contributed by atoms with Crippen molar-refractivity contribution in [1.82, 2.24) is 14.7 Å². The van der Waals surface area contributed by atoms with Crippen molar-refractivity contribution >= 4 is 11.6 Å². The number of nitrogens with one attached hydrogen (secondary N) is 1. The minimum Gasteiger partial charge on any atom is -0.496 e. The SMILES string of the molecule is COc1ccc(C)cc1CN(C)CC(=O)Nc1c(C)nn(-c2ccc(C)cc2)c1C. The third-order valence-corrected chi connectivity index (χ3v) is 5.12. The van der Waals surface area contributed by atoms with Crippen molar-refractivity contribution in [2.24, 2.45) is 0 Å². The lowest BCUT2D eigenvalue weighted by molar-refractivity contribution is -0.117. The van der Waals surface area contributed by atoms with Crippen LogP contribution in [-0.2, 0) is 11.3 Å². The predicted octanol–water partition coefficient (Wildman–Crippen LogP) is 4.19. The number of anilines is 1. The molecule has 6 heteroatoms. The van der Waals surface area contributed by atoms with Crippen LogP contribution in [0.15, 0.2) is 42.5 Å². The minimum absolute atomic E-state index is 0.0706.